The molecule has 51 heavy (non-hydrogen) atoms. The van der Waals surface area contributed by atoms with E-state index in [1.165, 1.54) is 101 Å². The Morgan fingerprint density at radius 1 is 0.725 bits per heavy atom. The van der Waals surface area contributed by atoms with Gasteiger partial charge in [0.25, 0.3) is 0 Å². The number of allylic oxidation sites excluding steroid dienone is 7. The summed E-state index contributed by atoms with van der Waals surface area (Å²) in [5, 5.41) is 3.39. The van der Waals surface area contributed by atoms with E-state index in [1.807, 2.05) is 0 Å². The van der Waals surface area contributed by atoms with Gasteiger partial charge in [0, 0.05) is 55.0 Å². The first-order chi connectivity index (χ1) is 25.3. The van der Waals surface area contributed by atoms with E-state index in [2.05, 4.69) is 130 Å². The number of benzene rings is 3. The lowest BCUT2D eigenvalue weighted by Gasteiger charge is -2.32. The van der Waals surface area contributed by atoms with Gasteiger partial charge < -0.3 is 9.13 Å². The van der Waals surface area contributed by atoms with Gasteiger partial charge >= 0.3 is 0 Å². The monoisotopic (exact) mass is 682 g/mol. The number of nitrogens with zero attached hydrogens (tertiary/aromatic N) is 2. The van der Waals surface area contributed by atoms with Crippen LogP contribution in [0.5, 0.6) is 0 Å². The fourth-order valence-electron chi connectivity index (χ4n) is 10.7. The van der Waals surface area contributed by atoms with Crippen molar-refractivity contribution in [1.29, 1.82) is 0 Å². The molecule has 2 aromatic heterocycles. The number of hydrogen-bond acceptors (Lipinski definition) is 1. The van der Waals surface area contributed by atoms with E-state index in [9.17, 15) is 0 Å². The minimum atomic E-state index is 0.461. The highest BCUT2D eigenvalue weighted by molar-refractivity contribution is 8.00. The van der Waals surface area contributed by atoms with Crippen molar-refractivity contribution in [3.8, 4) is 0 Å². The Bertz CT molecular complexity index is 2390. The Kier molecular flexibility index (Phi) is 7.27. The average molecular weight is 683 g/mol. The van der Waals surface area contributed by atoms with Crippen molar-refractivity contribution in [2.24, 2.45) is 5.92 Å². The fraction of sp³-hybridized carbons (Fsp3) is 0.333. The Labute approximate surface area is 306 Å². The summed E-state index contributed by atoms with van der Waals surface area (Å²) in [6.45, 7) is 0. The third-order valence-electron chi connectivity index (χ3n) is 13.2. The molecule has 11 rings (SSSR count). The van der Waals surface area contributed by atoms with Gasteiger partial charge in [-0.25, -0.2) is 0 Å². The third-order valence-corrected chi connectivity index (χ3v) is 14.6. The van der Waals surface area contributed by atoms with Gasteiger partial charge in [-0.3, -0.25) is 0 Å². The molecule has 0 spiro atoms. The lowest BCUT2D eigenvalue weighted by Crippen LogP contribution is -2.23. The van der Waals surface area contributed by atoms with Gasteiger partial charge in [0.2, 0.25) is 0 Å². The smallest absolute Gasteiger partial charge is 0.0538 e. The normalized spacial score (nSPS) is 25.2. The molecular formula is C48H46N2S. The number of hydrogen-bond donors (Lipinski definition) is 0. The highest BCUT2D eigenvalue weighted by atomic mass is 32.2. The fourth-order valence-corrected chi connectivity index (χ4v) is 12.1. The van der Waals surface area contributed by atoms with Crippen molar-refractivity contribution in [3.05, 3.63) is 136 Å². The van der Waals surface area contributed by atoms with Crippen LogP contribution < -0.4 is 0 Å². The van der Waals surface area contributed by atoms with Crippen LogP contribution in [0.4, 0.5) is 0 Å². The first kappa shape index (κ1) is 30.4. The van der Waals surface area contributed by atoms with E-state index in [0.29, 0.717) is 23.1 Å². The molecule has 3 heteroatoms. The Morgan fingerprint density at radius 2 is 1.63 bits per heavy atom. The molecule has 0 radical (unpaired) electrons. The lowest BCUT2D eigenvalue weighted by atomic mass is 9.78. The van der Waals surface area contributed by atoms with Crippen LogP contribution in [0.15, 0.2) is 108 Å². The minimum absolute atomic E-state index is 0.461. The van der Waals surface area contributed by atoms with Gasteiger partial charge in [0.15, 0.2) is 0 Å². The van der Waals surface area contributed by atoms with Crippen LogP contribution in [0.1, 0.15) is 110 Å². The van der Waals surface area contributed by atoms with Crippen molar-refractivity contribution in [2.45, 2.75) is 99.2 Å². The molecule has 0 N–H and O–H groups in total. The van der Waals surface area contributed by atoms with Gasteiger partial charge in [0.05, 0.1) is 17.1 Å². The molecule has 6 aliphatic rings. The molecule has 0 bridgehead atoms. The summed E-state index contributed by atoms with van der Waals surface area (Å²) in [5.74, 6) is 1.28. The second-order valence-electron chi connectivity index (χ2n) is 15.9. The van der Waals surface area contributed by atoms with Crippen LogP contribution in [-0.4, -0.2) is 14.4 Å². The van der Waals surface area contributed by atoms with Gasteiger partial charge in [-0.05, 0) is 124 Å². The molecule has 1 aliphatic heterocycles. The van der Waals surface area contributed by atoms with Gasteiger partial charge in [-0.1, -0.05) is 90.6 Å². The Morgan fingerprint density at radius 3 is 2.55 bits per heavy atom. The van der Waals surface area contributed by atoms with Crippen LogP contribution >= 0.6 is 11.8 Å². The number of aromatic nitrogens is 2. The zero-order valence-corrected chi connectivity index (χ0v) is 30.3. The molecule has 3 aromatic carbocycles. The SMILES string of the molecule is C1=Cc2c3c(n(C4C=CC5Sc6ccccc6C5C4)c2CC1)CCC(C1CC=C(c2ccc4c(c2)c2ccccc2n4C2=CCCCC2)CC1)=C3. The molecule has 2 nitrogen and oxygen atoms in total. The van der Waals surface area contributed by atoms with Crippen molar-refractivity contribution in [3.63, 3.8) is 0 Å². The van der Waals surface area contributed by atoms with E-state index in [-0.39, 0.29) is 0 Å². The minimum Gasteiger partial charge on any atom is -0.341 e. The molecule has 0 saturated carbocycles. The van der Waals surface area contributed by atoms with Crippen LogP contribution in [0, 0.1) is 5.92 Å². The molecular weight excluding hydrogens is 637 g/mol. The molecule has 4 atom stereocenters. The zero-order chi connectivity index (χ0) is 33.5. The molecule has 4 unspecified atom stereocenters. The number of rotatable bonds is 4. The highest BCUT2D eigenvalue weighted by Crippen LogP contribution is 2.53. The molecule has 5 aliphatic carbocycles. The van der Waals surface area contributed by atoms with E-state index in [0.717, 1.165) is 19.3 Å². The molecule has 0 amide bonds. The van der Waals surface area contributed by atoms with Gasteiger partial charge in [-0.15, -0.1) is 11.8 Å². The first-order valence-electron chi connectivity index (χ1n) is 19.8. The van der Waals surface area contributed by atoms with Crippen molar-refractivity contribution in [2.75, 3.05) is 0 Å². The molecule has 3 heterocycles. The van der Waals surface area contributed by atoms with Gasteiger partial charge in [0.1, 0.15) is 0 Å². The predicted molar refractivity (Wildman–Crippen MR) is 217 cm³/mol. The second-order valence-corrected chi connectivity index (χ2v) is 17.1. The van der Waals surface area contributed by atoms with E-state index in [1.54, 1.807) is 33.7 Å². The third kappa shape index (κ3) is 4.91. The largest absolute Gasteiger partial charge is 0.341 e. The Balaban J connectivity index is 0.888. The summed E-state index contributed by atoms with van der Waals surface area (Å²) in [6, 6.07) is 26.0. The molecule has 0 fully saturated rings. The van der Waals surface area contributed by atoms with E-state index in [4.69, 9.17) is 0 Å². The van der Waals surface area contributed by atoms with Gasteiger partial charge in [-0.2, -0.15) is 0 Å². The topological polar surface area (TPSA) is 9.86 Å². The number of thioether (sulfide) groups is 1. The first-order valence-corrected chi connectivity index (χ1v) is 20.7. The summed E-state index contributed by atoms with van der Waals surface area (Å²) in [7, 11) is 0. The second kappa shape index (κ2) is 12.2. The Hall–Kier alpha value is -4.21. The van der Waals surface area contributed by atoms with Crippen LogP contribution in [-0.2, 0) is 12.8 Å². The van der Waals surface area contributed by atoms with Crippen molar-refractivity contribution in [1.82, 2.24) is 9.13 Å². The maximum atomic E-state index is 2.82. The highest BCUT2D eigenvalue weighted by Gasteiger charge is 2.38. The summed E-state index contributed by atoms with van der Waals surface area (Å²) in [4.78, 5) is 1.50. The molecule has 0 saturated heterocycles. The summed E-state index contributed by atoms with van der Waals surface area (Å²) in [6.07, 6.45) is 32.2. The quantitative estimate of drug-likeness (QED) is 0.172. The van der Waals surface area contributed by atoms with E-state index >= 15 is 0 Å². The maximum Gasteiger partial charge on any atom is 0.0538 e. The molecule has 5 aromatic rings. The number of fused-ring (bicyclic) bond motifs is 9. The number of para-hydroxylation sites is 1. The van der Waals surface area contributed by atoms with Crippen molar-refractivity contribution < 1.29 is 0 Å². The van der Waals surface area contributed by atoms with Crippen molar-refractivity contribution >= 4 is 57.0 Å². The average Bonchev–Trinajstić information content (AvgIpc) is 3.85. The van der Waals surface area contributed by atoms with Crippen LogP contribution in [0.2, 0.25) is 0 Å². The summed E-state index contributed by atoms with van der Waals surface area (Å²) < 4.78 is 5.37. The maximum absolute atomic E-state index is 2.82. The predicted octanol–water partition coefficient (Wildman–Crippen LogP) is 12.9. The van der Waals surface area contributed by atoms with Crippen LogP contribution in [0.3, 0.4) is 0 Å². The summed E-state index contributed by atoms with van der Waals surface area (Å²) >= 11 is 2.07. The zero-order valence-electron chi connectivity index (χ0n) is 29.5. The summed E-state index contributed by atoms with van der Waals surface area (Å²) in [5.41, 5.74) is 16.7. The molecule has 254 valence electrons. The van der Waals surface area contributed by atoms with Crippen LogP contribution in [0.25, 0.3) is 45.2 Å². The lowest BCUT2D eigenvalue weighted by molar-refractivity contribution is 0.453. The van der Waals surface area contributed by atoms with E-state index < -0.39 is 0 Å². The standard InChI is InChI=1S/C48H46N2S/c1-2-10-35(11-3-1)49-43-15-7-4-12-37(43)40-28-33(22-25-45(40)49)31-18-20-32(21-19-31)34-23-26-46-41(29-34)38-13-5-8-16-44(38)50(46)36-24-27-48-42(30-36)39-14-6-9-17-47(39)51-48/h4-7,9-10,12-15,17-18,22,24-25,27-29,32,36,42,48H,1-3,8,11,16,19-21,23,26,30H2.